The predicted molar refractivity (Wildman–Crippen MR) is 88.3 cm³/mol. The van der Waals surface area contributed by atoms with Crippen LogP contribution in [0.25, 0.3) is 0 Å². The van der Waals surface area contributed by atoms with E-state index in [0.717, 1.165) is 42.0 Å². The summed E-state index contributed by atoms with van der Waals surface area (Å²) in [5, 5.41) is 3.36. The molecule has 21 heavy (non-hydrogen) atoms. The molecule has 0 radical (unpaired) electrons. The van der Waals surface area contributed by atoms with E-state index in [1.807, 2.05) is 25.1 Å². The van der Waals surface area contributed by atoms with Crippen molar-refractivity contribution in [3.8, 4) is 11.6 Å². The van der Waals surface area contributed by atoms with Crippen LogP contribution in [-0.4, -0.2) is 31.2 Å². The van der Waals surface area contributed by atoms with Gasteiger partial charge in [0, 0.05) is 38.1 Å². The second-order valence-electron chi connectivity index (χ2n) is 5.13. The van der Waals surface area contributed by atoms with Crippen molar-refractivity contribution in [2.75, 3.05) is 31.1 Å². The van der Waals surface area contributed by atoms with Crippen molar-refractivity contribution in [3.63, 3.8) is 0 Å². The summed E-state index contributed by atoms with van der Waals surface area (Å²) < 4.78 is 6.69. The number of hydrogen-bond donors (Lipinski definition) is 1. The van der Waals surface area contributed by atoms with E-state index in [1.54, 1.807) is 6.20 Å². The molecule has 0 amide bonds. The van der Waals surface area contributed by atoms with E-state index in [1.165, 1.54) is 5.69 Å². The lowest BCUT2D eigenvalue weighted by Gasteiger charge is -2.29. The van der Waals surface area contributed by atoms with Gasteiger partial charge < -0.3 is 15.0 Å². The minimum atomic E-state index is 0.593. The lowest BCUT2D eigenvalue weighted by molar-refractivity contribution is 0.459. The van der Waals surface area contributed by atoms with E-state index in [0.29, 0.717) is 5.88 Å². The molecule has 1 fully saturated rings. The van der Waals surface area contributed by atoms with Crippen LogP contribution in [0.1, 0.15) is 5.56 Å². The van der Waals surface area contributed by atoms with Gasteiger partial charge in [0.2, 0.25) is 5.88 Å². The van der Waals surface area contributed by atoms with Gasteiger partial charge in [-0.2, -0.15) is 0 Å². The summed E-state index contributed by atoms with van der Waals surface area (Å²) in [7, 11) is 0. The molecule has 4 nitrogen and oxygen atoms in total. The van der Waals surface area contributed by atoms with Gasteiger partial charge in [0.05, 0.1) is 4.47 Å². The Hall–Kier alpha value is -1.59. The normalized spacial score (nSPS) is 15.0. The Kier molecular flexibility index (Phi) is 4.41. The lowest BCUT2D eigenvalue weighted by Crippen LogP contribution is -2.43. The maximum Gasteiger partial charge on any atom is 0.233 e. The van der Waals surface area contributed by atoms with E-state index in [4.69, 9.17) is 4.74 Å². The van der Waals surface area contributed by atoms with Crippen LogP contribution in [0.4, 0.5) is 5.69 Å². The lowest BCUT2D eigenvalue weighted by atomic mass is 10.2. The summed E-state index contributed by atoms with van der Waals surface area (Å²) in [5.74, 6) is 1.39. The van der Waals surface area contributed by atoms with Crippen molar-refractivity contribution >= 4 is 21.6 Å². The summed E-state index contributed by atoms with van der Waals surface area (Å²) >= 11 is 3.48. The molecule has 0 unspecified atom stereocenters. The third-order valence-corrected chi connectivity index (χ3v) is 4.05. The average molecular weight is 348 g/mol. The molecule has 0 aliphatic carbocycles. The Morgan fingerprint density at radius 2 is 1.90 bits per heavy atom. The Balaban J connectivity index is 1.71. The van der Waals surface area contributed by atoms with Gasteiger partial charge in [0.1, 0.15) is 5.75 Å². The molecule has 5 heteroatoms. The van der Waals surface area contributed by atoms with Crippen molar-refractivity contribution < 1.29 is 4.74 Å². The molecule has 1 aliphatic rings. The van der Waals surface area contributed by atoms with Gasteiger partial charge in [0.25, 0.3) is 0 Å². The van der Waals surface area contributed by atoms with Crippen LogP contribution in [0, 0.1) is 6.92 Å². The second-order valence-corrected chi connectivity index (χ2v) is 5.99. The number of aromatic nitrogens is 1. The number of hydrogen-bond acceptors (Lipinski definition) is 4. The van der Waals surface area contributed by atoms with E-state index in [2.05, 4.69) is 43.3 Å². The SMILES string of the molecule is Cc1cnc(Oc2ccc(N3CCNCC3)cc2)c(Br)c1. The highest BCUT2D eigenvalue weighted by atomic mass is 79.9. The molecule has 2 heterocycles. The van der Waals surface area contributed by atoms with Gasteiger partial charge >= 0.3 is 0 Å². The molecule has 2 aromatic rings. The summed E-state index contributed by atoms with van der Waals surface area (Å²) in [6.45, 7) is 6.18. The largest absolute Gasteiger partial charge is 0.438 e. The van der Waals surface area contributed by atoms with E-state index in [9.17, 15) is 0 Å². The van der Waals surface area contributed by atoms with E-state index in [-0.39, 0.29) is 0 Å². The fourth-order valence-electron chi connectivity index (χ4n) is 2.36. The molecule has 1 saturated heterocycles. The van der Waals surface area contributed by atoms with Crippen LogP contribution in [0.5, 0.6) is 11.6 Å². The summed E-state index contributed by atoms with van der Waals surface area (Å²) in [6, 6.07) is 10.2. The summed E-state index contributed by atoms with van der Waals surface area (Å²) in [6.07, 6.45) is 1.80. The first-order chi connectivity index (χ1) is 10.2. The van der Waals surface area contributed by atoms with Gasteiger partial charge in [-0.15, -0.1) is 0 Å². The molecular weight excluding hydrogens is 330 g/mol. The highest BCUT2D eigenvalue weighted by Gasteiger charge is 2.10. The summed E-state index contributed by atoms with van der Waals surface area (Å²) in [4.78, 5) is 6.67. The highest BCUT2D eigenvalue weighted by molar-refractivity contribution is 9.10. The average Bonchev–Trinajstić information content (AvgIpc) is 2.52. The smallest absolute Gasteiger partial charge is 0.233 e. The Morgan fingerprint density at radius 3 is 2.57 bits per heavy atom. The minimum Gasteiger partial charge on any atom is -0.438 e. The molecule has 0 bridgehead atoms. The molecule has 1 aromatic carbocycles. The van der Waals surface area contributed by atoms with Gasteiger partial charge in [-0.25, -0.2) is 4.98 Å². The Morgan fingerprint density at radius 1 is 1.19 bits per heavy atom. The monoisotopic (exact) mass is 347 g/mol. The molecule has 0 spiro atoms. The number of pyridine rings is 1. The van der Waals surface area contributed by atoms with Crippen molar-refractivity contribution in [2.24, 2.45) is 0 Å². The molecule has 1 N–H and O–H groups in total. The Labute approximate surface area is 133 Å². The van der Waals surface area contributed by atoms with Crippen LogP contribution in [0.15, 0.2) is 41.0 Å². The fourth-order valence-corrected chi connectivity index (χ4v) is 2.90. The minimum absolute atomic E-state index is 0.593. The van der Waals surface area contributed by atoms with Gasteiger partial charge in [-0.3, -0.25) is 0 Å². The van der Waals surface area contributed by atoms with Crippen molar-refractivity contribution in [3.05, 3.63) is 46.6 Å². The van der Waals surface area contributed by atoms with Crippen LogP contribution in [0.2, 0.25) is 0 Å². The molecule has 1 aliphatic heterocycles. The van der Waals surface area contributed by atoms with Crippen LogP contribution < -0.4 is 15.0 Å². The summed E-state index contributed by atoms with van der Waals surface area (Å²) in [5.41, 5.74) is 2.34. The molecule has 0 saturated carbocycles. The first-order valence-corrected chi connectivity index (χ1v) is 7.87. The number of benzene rings is 1. The maximum absolute atomic E-state index is 5.82. The number of aryl methyl sites for hydroxylation is 1. The molecule has 1 aromatic heterocycles. The molecule has 0 atom stereocenters. The first kappa shape index (κ1) is 14.4. The third-order valence-electron chi connectivity index (χ3n) is 3.48. The number of nitrogens with one attached hydrogen (secondary N) is 1. The quantitative estimate of drug-likeness (QED) is 0.923. The predicted octanol–water partition coefficient (Wildman–Crippen LogP) is 3.35. The van der Waals surface area contributed by atoms with Gasteiger partial charge in [0.15, 0.2) is 0 Å². The maximum atomic E-state index is 5.82. The standard InChI is InChI=1S/C16H18BrN3O/c1-12-10-15(17)16(19-11-12)21-14-4-2-13(3-5-14)20-8-6-18-7-9-20/h2-5,10-11,18H,6-9H2,1H3. The van der Waals surface area contributed by atoms with Crippen LogP contribution in [0.3, 0.4) is 0 Å². The number of rotatable bonds is 3. The van der Waals surface area contributed by atoms with Crippen molar-refractivity contribution in [1.82, 2.24) is 10.3 Å². The number of anilines is 1. The third kappa shape index (κ3) is 3.54. The topological polar surface area (TPSA) is 37.4 Å². The van der Waals surface area contributed by atoms with Crippen molar-refractivity contribution in [2.45, 2.75) is 6.92 Å². The number of ether oxygens (including phenoxy) is 1. The second kappa shape index (κ2) is 6.45. The zero-order valence-corrected chi connectivity index (χ0v) is 13.6. The zero-order chi connectivity index (χ0) is 14.7. The first-order valence-electron chi connectivity index (χ1n) is 7.08. The van der Waals surface area contributed by atoms with E-state index >= 15 is 0 Å². The number of halogens is 1. The number of nitrogens with zero attached hydrogens (tertiary/aromatic N) is 2. The molecule has 3 rings (SSSR count). The fraction of sp³-hybridized carbons (Fsp3) is 0.312. The Bertz CT molecular complexity index is 609. The van der Waals surface area contributed by atoms with Crippen LogP contribution >= 0.6 is 15.9 Å². The zero-order valence-electron chi connectivity index (χ0n) is 12.0. The van der Waals surface area contributed by atoms with Crippen molar-refractivity contribution in [1.29, 1.82) is 0 Å². The molecular formula is C16H18BrN3O. The van der Waals surface area contributed by atoms with Gasteiger partial charge in [-0.1, -0.05) is 0 Å². The highest BCUT2D eigenvalue weighted by Crippen LogP contribution is 2.29. The van der Waals surface area contributed by atoms with E-state index < -0.39 is 0 Å². The molecule has 110 valence electrons. The van der Waals surface area contributed by atoms with Crippen LogP contribution in [-0.2, 0) is 0 Å². The number of piperazine rings is 1. The van der Waals surface area contributed by atoms with Gasteiger partial charge in [-0.05, 0) is 58.7 Å².